The molecule has 0 bridgehead atoms. The van der Waals surface area contributed by atoms with Crippen LogP contribution in [-0.4, -0.2) is 5.33 Å². The van der Waals surface area contributed by atoms with Crippen molar-refractivity contribution in [2.45, 2.75) is 33.1 Å². The summed E-state index contributed by atoms with van der Waals surface area (Å²) in [6.45, 7) is 4.68. The van der Waals surface area contributed by atoms with Crippen molar-refractivity contribution in [3.8, 4) is 0 Å². The van der Waals surface area contributed by atoms with Gasteiger partial charge in [0.2, 0.25) is 0 Å². The maximum atomic E-state index is 3.56. The lowest BCUT2D eigenvalue weighted by atomic mass is 9.61. The molecule has 1 aliphatic carbocycles. The van der Waals surface area contributed by atoms with E-state index in [1.54, 1.807) is 0 Å². The lowest BCUT2D eigenvalue weighted by Crippen LogP contribution is -2.38. The van der Waals surface area contributed by atoms with Gasteiger partial charge >= 0.3 is 0 Å². The summed E-state index contributed by atoms with van der Waals surface area (Å²) in [5.41, 5.74) is 0.648. The van der Waals surface area contributed by atoms with Gasteiger partial charge in [0, 0.05) is 5.33 Å². The molecule has 0 amide bonds. The van der Waals surface area contributed by atoms with Crippen LogP contribution in [0.25, 0.3) is 0 Å². The minimum atomic E-state index is 0.648. The van der Waals surface area contributed by atoms with Gasteiger partial charge in [-0.05, 0) is 24.2 Å². The standard InChI is InChI=1S/C8H15Br/c1-3-7-4-5-8(7,2)6-9/h7H,3-6H2,1-2H3. The van der Waals surface area contributed by atoms with Crippen molar-refractivity contribution in [2.24, 2.45) is 11.3 Å². The van der Waals surface area contributed by atoms with Crippen LogP contribution in [0.3, 0.4) is 0 Å². The van der Waals surface area contributed by atoms with Crippen LogP contribution < -0.4 is 0 Å². The Labute approximate surface area is 66.2 Å². The molecule has 0 heterocycles. The minimum Gasteiger partial charge on any atom is -0.0922 e. The third-order valence-corrected chi connectivity index (χ3v) is 4.13. The summed E-state index contributed by atoms with van der Waals surface area (Å²) >= 11 is 3.56. The molecule has 0 aromatic rings. The second-order valence-electron chi connectivity index (χ2n) is 3.43. The normalized spacial score (nSPS) is 42.3. The second kappa shape index (κ2) is 2.61. The van der Waals surface area contributed by atoms with Gasteiger partial charge < -0.3 is 0 Å². The first kappa shape index (κ1) is 7.59. The highest BCUT2D eigenvalue weighted by Gasteiger charge is 2.39. The number of hydrogen-bond donors (Lipinski definition) is 0. The number of halogens is 1. The fourth-order valence-corrected chi connectivity index (χ4v) is 2.45. The van der Waals surface area contributed by atoms with Crippen molar-refractivity contribution in [1.82, 2.24) is 0 Å². The summed E-state index contributed by atoms with van der Waals surface area (Å²) in [6.07, 6.45) is 4.25. The zero-order chi connectivity index (χ0) is 6.91. The van der Waals surface area contributed by atoms with E-state index in [2.05, 4.69) is 29.8 Å². The quantitative estimate of drug-likeness (QED) is 0.588. The zero-order valence-electron chi connectivity index (χ0n) is 6.28. The van der Waals surface area contributed by atoms with E-state index < -0.39 is 0 Å². The van der Waals surface area contributed by atoms with Gasteiger partial charge in [-0.1, -0.05) is 36.2 Å². The third-order valence-electron chi connectivity index (χ3n) is 2.85. The molecule has 0 nitrogen and oxygen atoms in total. The van der Waals surface area contributed by atoms with E-state index in [0.29, 0.717) is 5.41 Å². The number of rotatable bonds is 2. The van der Waals surface area contributed by atoms with E-state index in [9.17, 15) is 0 Å². The first-order valence-corrected chi connectivity index (χ1v) is 4.91. The van der Waals surface area contributed by atoms with E-state index in [-0.39, 0.29) is 0 Å². The van der Waals surface area contributed by atoms with Gasteiger partial charge in [0.1, 0.15) is 0 Å². The van der Waals surface area contributed by atoms with E-state index in [0.717, 1.165) is 5.92 Å². The molecule has 1 saturated carbocycles. The summed E-state index contributed by atoms with van der Waals surface area (Å²) in [4.78, 5) is 0. The van der Waals surface area contributed by atoms with Crippen molar-refractivity contribution in [3.05, 3.63) is 0 Å². The molecule has 0 aromatic heterocycles. The Balaban J connectivity index is 2.41. The molecule has 1 heteroatoms. The molecule has 0 radical (unpaired) electrons. The van der Waals surface area contributed by atoms with Crippen LogP contribution in [0.5, 0.6) is 0 Å². The monoisotopic (exact) mass is 190 g/mol. The largest absolute Gasteiger partial charge is 0.0922 e. The van der Waals surface area contributed by atoms with Crippen molar-refractivity contribution in [3.63, 3.8) is 0 Å². The summed E-state index contributed by atoms with van der Waals surface area (Å²) in [5, 5.41) is 1.19. The first-order chi connectivity index (χ1) is 4.23. The molecule has 9 heavy (non-hydrogen) atoms. The Bertz CT molecular complexity index is 94.7. The third kappa shape index (κ3) is 1.17. The minimum absolute atomic E-state index is 0.648. The molecule has 1 rings (SSSR count). The van der Waals surface area contributed by atoms with Crippen LogP contribution in [-0.2, 0) is 0 Å². The Kier molecular flexibility index (Phi) is 2.20. The molecule has 2 atom stereocenters. The van der Waals surface area contributed by atoms with Crippen molar-refractivity contribution < 1.29 is 0 Å². The Hall–Kier alpha value is 0.480. The number of hydrogen-bond acceptors (Lipinski definition) is 0. The lowest BCUT2D eigenvalue weighted by molar-refractivity contribution is 0.0760. The predicted octanol–water partition coefficient (Wildman–Crippen LogP) is 3.21. The zero-order valence-corrected chi connectivity index (χ0v) is 7.87. The molecule has 0 aliphatic heterocycles. The highest BCUT2D eigenvalue weighted by Crippen LogP contribution is 2.48. The fraction of sp³-hybridized carbons (Fsp3) is 1.00. The van der Waals surface area contributed by atoms with E-state index >= 15 is 0 Å². The Morgan fingerprint density at radius 3 is 2.44 bits per heavy atom. The summed E-state index contributed by atoms with van der Waals surface area (Å²) in [7, 11) is 0. The van der Waals surface area contributed by atoms with Crippen LogP contribution in [0.1, 0.15) is 33.1 Å². The predicted molar refractivity (Wildman–Crippen MR) is 44.9 cm³/mol. The van der Waals surface area contributed by atoms with Gasteiger partial charge in [-0.15, -0.1) is 0 Å². The summed E-state index contributed by atoms with van der Waals surface area (Å²) in [5.74, 6) is 0.997. The molecule has 54 valence electrons. The van der Waals surface area contributed by atoms with Gasteiger partial charge in [0.25, 0.3) is 0 Å². The maximum Gasteiger partial charge on any atom is 0.00879 e. The Morgan fingerprint density at radius 1 is 1.67 bits per heavy atom. The number of alkyl halides is 1. The Morgan fingerprint density at radius 2 is 2.33 bits per heavy atom. The maximum absolute atomic E-state index is 3.56. The molecule has 0 spiro atoms. The van der Waals surface area contributed by atoms with Gasteiger partial charge in [-0.2, -0.15) is 0 Å². The van der Waals surface area contributed by atoms with Crippen molar-refractivity contribution >= 4 is 15.9 Å². The average molecular weight is 191 g/mol. The van der Waals surface area contributed by atoms with Crippen LogP contribution >= 0.6 is 15.9 Å². The SMILES string of the molecule is CCC1CCC1(C)CBr. The van der Waals surface area contributed by atoms with E-state index in [1.807, 2.05) is 0 Å². The van der Waals surface area contributed by atoms with Crippen LogP contribution in [0.15, 0.2) is 0 Å². The fourth-order valence-electron chi connectivity index (χ4n) is 1.71. The average Bonchev–Trinajstić information content (AvgIpc) is 1.85. The van der Waals surface area contributed by atoms with Gasteiger partial charge in [-0.3, -0.25) is 0 Å². The van der Waals surface area contributed by atoms with Crippen LogP contribution in [0, 0.1) is 11.3 Å². The highest BCUT2D eigenvalue weighted by molar-refractivity contribution is 9.09. The molecular weight excluding hydrogens is 176 g/mol. The molecule has 0 saturated heterocycles. The smallest absolute Gasteiger partial charge is 0.00879 e. The molecule has 1 fully saturated rings. The van der Waals surface area contributed by atoms with Crippen LogP contribution in [0.2, 0.25) is 0 Å². The van der Waals surface area contributed by atoms with Crippen molar-refractivity contribution in [1.29, 1.82) is 0 Å². The molecular formula is C8H15Br. The molecule has 0 N–H and O–H groups in total. The molecule has 1 aliphatic rings. The molecule has 0 aromatic carbocycles. The highest BCUT2D eigenvalue weighted by atomic mass is 79.9. The van der Waals surface area contributed by atoms with Gasteiger partial charge in [0.05, 0.1) is 0 Å². The van der Waals surface area contributed by atoms with Crippen LogP contribution in [0.4, 0.5) is 0 Å². The second-order valence-corrected chi connectivity index (χ2v) is 3.99. The summed E-state index contributed by atoms with van der Waals surface area (Å²) < 4.78 is 0. The van der Waals surface area contributed by atoms with Crippen molar-refractivity contribution in [2.75, 3.05) is 5.33 Å². The lowest BCUT2D eigenvalue weighted by Gasteiger charge is -2.46. The topological polar surface area (TPSA) is 0 Å². The molecule has 2 unspecified atom stereocenters. The first-order valence-electron chi connectivity index (χ1n) is 3.79. The van der Waals surface area contributed by atoms with E-state index in [4.69, 9.17) is 0 Å². The van der Waals surface area contributed by atoms with Gasteiger partial charge in [0.15, 0.2) is 0 Å². The van der Waals surface area contributed by atoms with Gasteiger partial charge in [-0.25, -0.2) is 0 Å². The van der Waals surface area contributed by atoms with E-state index in [1.165, 1.54) is 24.6 Å². The summed E-state index contributed by atoms with van der Waals surface area (Å²) in [6, 6.07) is 0.